The van der Waals surface area contributed by atoms with Gasteiger partial charge in [-0.05, 0) is 39.8 Å². The number of hydrogen-bond donors (Lipinski definition) is 1. The summed E-state index contributed by atoms with van der Waals surface area (Å²) in [7, 11) is 0. The first-order valence-corrected chi connectivity index (χ1v) is 7.61. The zero-order chi connectivity index (χ0) is 17.2. The molecule has 1 aromatic heterocycles. The molecule has 2 rings (SSSR count). The van der Waals surface area contributed by atoms with Gasteiger partial charge in [0.25, 0.3) is 0 Å². The molecule has 0 saturated carbocycles. The molecule has 0 unspecified atom stereocenters. The van der Waals surface area contributed by atoms with Gasteiger partial charge in [-0.25, -0.2) is 14.6 Å². The predicted molar refractivity (Wildman–Crippen MR) is 86.0 cm³/mol. The Bertz CT molecular complexity index is 602. The van der Waals surface area contributed by atoms with E-state index in [9.17, 15) is 14.7 Å². The number of aromatic nitrogens is 1. The Labute approximate surface area is 135 Å². The van der Waals surface area contributed by atoms with E-state index in [0.717, 1.165) is 0 Å². The van der Waals surface area contributed by atoms with Gasteiger partial charge < -0.3 is 19.6 Å². The number of ether oxygens (including phenoxy) is 1. The van der Waals surface area contributed by atoms with Crippen LogP contribution in [0.5, 0.6) is 0 Å². The highest BCUT2D eigenvalue weighted by atomic mass is 16.6. The summed E-state index contributed by atoms with van der Waals surface area (Å²) in [5.74, 6) is -1.04. The lowest BCUT2D eigenvalue weighted by atomic mass is 10.2. The summed E-state index contributed by atoms with van der Waals surface area (Å²) in [6, 6.07) is 3.57. The van der Waals surface area contributed by atoms with Gasteiger partial charge >= 0.3 is 12.1 Å². The van der Waals surface area contributed by atoms with E-state index in [1.807, 2.05) is 25.7 Å². The van der Waals surface area contributed by atoms with Gasteiger partial charge in [-0.15, -0.1) is 0 Å². The average Bonchev–Trinajstić information content (AvgIpc) is 2.45. The second kappa shape index (κ2) is 6.44. The summed E-state index contributed by atoms with van der Waals surface area (Å²) < 4.78 is 5.36. The molecule has 7 heteroatoms. The van der Waals surface area contributed by atoms with Gasteiger partial charge in [0.05, 0.1) is 5.69 Å². The van der Waals surface area contributed by atoms with Crippen molar-refractivity contribution in [2.24, 2.45) is 0 Å². The first-order valence-electron chi connectivity index (χ1n) is 7.61. The van der Waals surface area contributed by atoms with Crippen molar-refractivity contribution in [1.82, 2.24) is 9.88 Å². The van der Waals surface area contributed by atoms with Gasteiger partial charge in [-0.2, -0.15) is 0 Å². The minimum atomic E-state index is -1.04. The molecule has 1 aliphatic rings. The first-order chi connectivity index (χ1) is 10.7. The molecule has 23 heavy (non-hydrogen) atoms. The maximum Gasteiger partial charge on any atom is 0.410 e. The largest absolute Gasteiger partial charge is 0.476 e. The van der Waals surface area contributed by atoms with Crippen LogP contribution in [0.25, 0.3) is 0 Å². The second-order valence-corrected chi connectivity index (χ2v) is 6.58. The second-order valence-electron chi connectivity index (χ2n) is 6.58. The number of carbonyl (C=O) groups is 2. The number of aromatic carboxylic acids is 1. The van der Waals surface area contributed by atoms with E-state index in [1.54, 1.807) is 24.0 Å². The zero-order valence-corrected chi connectivity index (χ0v) is 14.0. The molecule has 0 bridgehead atoms. The van der Waals surface area contributed by atoms with Crippen LogP contribution in [0, 0.1) is 6.92 Å². The molecule has 0 radical (unpaired) electrons. The van der Waals surface area contributed by atoms with Crippen molar-refractivity contribution in [3.8, 4) is 0 Å². The maximum atomic E-state index is 12.1. The van der Waals surface area contributed by atoms with Crippen LogP contribution in [0.3, 0.4) is 0 Å². The Balaban J connectivity index is 2.05. The molecule has 1 saturated heterocycles. The van der Waals surface area contributed by atoms with Crippen LogP contribution in [0.15, 0.2) is 12.1 Å². The smallest absolute Gasteiger partial charge is 0.410 e. The molecule has 0 aliphatic carbocycles. The number of carbonyl (C=O) groups excluding carboxylic acids is 1. The van der Waals surface area contributed by atoms with Crippen molar-refractivity contribution >= 4 is 17.7 Å². The number of amides is 1. The fraction of sp³-hybridized carbons (Fsp3) is 0.562. The van der Waals surface area contributed by atoms with E-state index in [-0.39, 0.29) is 11.8 Å². The van der Waals surface area contributed by atoms with Crippen molar-refractivity contribution in [3.63, 3.8) is 0 Å². The molecule has 7 nitrogen and oxygen atoms in total. The van der Waals surface area contributed by atoms with Crippen LogP contribution in [0.1, 0.15) is 37.0 Å². The minimum absolute atomic E-state index is 0.0516. The number of anilines is 1. The van der Waals surface area contributed by atoms with Crippen LogP contribution in [0.2, 0.25) is 0 Å². The number of hydrogen-bond acceptors (Lipinski definition) is 5. The first kappa shape index (κ1) is 17.1. The van der Waals surface area contributed by atoms with E-state index in [0.29, 0.717) is 37.6 Å². The van der Waals surface area contributed by atoms with Crippen LogP contribution >= 0.6 is 0 Å². The summed E-state index contributed by atoms with van der Waals surface area (Å²) in [4.78, 5) is 31.1. The normalized spacial score (nSPS) is 15.5. The van der Waals surface area contributed by atoms with Gasteiger partial charge in [0.1, 0.15) is 5.60 Å². The Hall–Kier alpha value is -2.31. The minimum Gasteiger partial charge on any atom is -0.476 e. The van der Waals surface area contributed by atoms with Crippen molar-refractivity contribution in [1.29, 1.82) is 0 Å². The van der Waals surface area contributed by atoms with E-state index in [1.165, 1.54) is 0 Å². The molecular weight excluding hydrogens is 298 g/mol. The third-order valence-electron chi connectivity index (χ3n) is 3.49. The number of carboxylic acid groups (broad SMARTS) is 1. The van der Waals surface area contributed by atoms with E-state index in [4.69, 9.17) is 4.74 Å². The molecular formula is C16H23N3O4. The Morgan fingerprint density at radius 3 is 2.30 bits per heavy atom. The lowest BCUT2D eigenvalue weighted by Crippen LogP contribution is -2.50. The van der Waals surface area contributed by atoms with Crippen LogP contribution in [0.4, 0.5) is 10.5 Å². The highest BCUT2D eigenvalue weighted by Crippen LogP contribution is 2.22. The van der Waals surface area contributed by atoms with E-state index in [2.05, 4.69) is 4.98 Å². The number of piperazine rings is 1. The molecule has 2 heterocycles. The summed E-state index contributed by atoms with van der Waals surface area (Å²) in [6.45, 7) is 9.32. The number of pyridine rings is 1. The Kier molecular flexibility index (Phi) is 4.77. The highest BCUT2D eigenvalue weighted by molar-refractivity contribution is 5.92. The fourth-order valence-corrected chi connectivity index (χ4v) is 2.42. The van der Waals surface area contributed by atoms with Crippen LogP contribution in [-0.2, 0) is 4.74 Å². The zero-order valence-electron chi connectivity index (χ0n) is 14.0. The summed E-state index contributed by atoms with van der Waals surface area (Å²) >= 11 is 0. The molecule has 1 N–H and O–H groups in total. The quantitative estimate of drug-likeness (QED) is 0.898. The SMILES string of the molecule is Cc1ccc(N2CCN(C(=O)OC(C)(C)C)CC2)c(C(=O)O)n1. The molecule has 126 valence electrons. The highest BCUT2D eigenvalue weighted by Gasteiger charge is 2.27. The average molecular weight is 321 g/mol. The third-order valence-corrected chi connectivity index (χ3v) is 3.49. The van der Waals surface area contributed by atoms with Gasteiger partial charge in [0.15, 0.2) is 5.69 Å². The Morgan fingerprint density at radius 2 is 1.78 bits per heavy atom. The number of nitrogens with zero attached hydrogens (tertiary/aromatic N) is 3. The number of rotatable bonds is 2. The molecule has 1 aromatic rings. The van der Waals surface area contributed by atoms with Gasteiger partial charge in [-0.1, -0.05) is 0 Å². The Morgan fingerprint density at radius 1 is 1.17 bits per heavy atom. The maximum absolute atomic E-state index is 12.1. The van der Waals surface area contributed by atoms with Gasteiger partial charge in [0.2, 0.25) is 0 Å². The summed E-state index contributed by atoms with van der Waals surface area (Å²) in [5.41, 5.74) is 0.784. The molecule has 0 atom stereocenters. The van der Waals surface area contributed by atoms with Crippen LogP contribution < -0.4 is 4.90 Å². The molecule has 1 aliphatic heterocycles. The van der Waals surface area contributed by atoms with Crippen molar-refractivity contribution in [2.75, 3.05) is 31.1 Å². The monoisotopic (exact) mass is 321 g/mol. The van der Waals surface area contributed by atoms with Crippen molar-refractivity contribution < 1.29 is 19.4 Å². The van der Waals surface area contributed by atoms with Crippen LogP contribution in [-0.4, -0.2) is 58.8 Å². The van der Waals surface area contributed by atoms with E-state index >= 15 is 0 Å². The van der Waals surface area contributed by atoms with E-state index < -0.39 is 11.6 Å². The standard InChI is InChI=1S/C16H23N3O4/c1-11-5-6-12(13(17-11)14(20)21)18-7-9-19(10-8-18)15(22)23-16(2,3)4/h5-6H,7-10H2,1-4H3,(H,20,21). The molecule has 1 fully saturated rings. The molecule has 0 spiro atoms. The number of carboxylic acids is 1. The lowest BCUT2D eigenvalue weighted by Gasteiger charge is -2.37. The molecule has 0 aromatic carbocycles. The summed E-state index contributed by atoms with van der Waals surface area (Å²) in [6.07, 6.45) is -0.336. The number of aryl methyl sites for hydroxylation is 1. The van der Waals surface area contributed by atoms with Gasteiger partial charge in [0, 0.05) is 31.9 Å². The third kappa shape index (κ3) is 4.34. The molecule has 1 amide bonds. The van der Waals surface area contributed by atoms with Gasteiger partial charge in [-0.3, -0.25) is 0 Å². The van der Waals surface area contributed by atoms with Crippen molar-refractivity contribution in [2.45, 2.75) is 33.3 Å². The van der Waals surface area contributed by atoms with Crippen molar-refractivity contribution in [3.05, 3.63) is 23.5 Å². The topological polar surface area (TPSA) is 83.0 Å². The lowest BCUT2D eigenvalue weighted by molar-refractivity contribution is 0.0240. The summed E-state index contributed by atoms with van der Waals surface area (Å²) in [5, 5.41) is 9.31. The fourth-order valence-electron chi connectivity index (χ4n) is 2.42. The predicted octanol–water partition coefficient (Wildman–Crippen LogP) is 2.15.